The minimum Gasteiger partial charge on any atom is -0.478 e. The predicted octanol–water partition coefficient (Wildman–Crippen LogP) is 2.50. The van der Waals surface area contributed by atoms with Crippen molar-refractivity contribution in [1.29, 1.82) is 5.41 Å². The lowest BCUT2D eigenvalue weighted by molar-refractivity contribution is 0.325. The molecule has 0 unspecified atom stereocenters. The number of aryl methyl sites for hydroxylation is 1. The second-order valence-corrected chi connectivity index (χ2v) is 2.72. The summed E-state index contributed by atoms with van der Waals surface area (Å²) in [4.78, 5) is 0. The summed E-state index contributed by atoms with van der Waals surface area (Å²) < 4.78 is 17.7. The van der Waals surface area contributed by atoms with Crippen molar-refractivity contribution in [2.24, 2.45) is 0 Å². The van der Waals surface area contributed by atoms with Gasteiger partial charge in [-0.25, -0.2) is 4.39 Å². The highest BCUT2D eigenvalue weighted by atomic mass is 19.1. The normalized spacial score (nSPS) is 9.77. The molecule has 1 rings (SSSR count). The number of benzene rings is 1. The van der Waals surface area contributed by atoms with E-state index in [-0.39, 0.29) is 11.7 Å². The van der Waals surface area contributed by atoms with Crippen LogP contribution in [0.5, 0.6) is 0 Å². The Morgan fingerprint density at radius 1 is 1.54 bits per heavy atom. The zero-order valence-corrected chi connectivity index (χ0v) is 7.73. The molecule has 0 atom stereocenters. The van der Waals surface area contributed by atoms with Crippen LogP contribution in [0.15, 0.2) is 18.2 Å². The molecule has 3 heteroatoms. The third kappa shape index (κ3) is 2.28. The lowest BCUT2D eigenvalue weighted by atomic mass is 10.1. The highest BCUT2D eigenvalue weighted by Gasteiger charge is 2.05. The van der Waals surface area contributed by atoms with Gasteiger partial charge in [0, 0.05) is 5.56 Å². The highest BCUT2D eigenvalue weighted by Crippen LogP contribution is 2.11. The Bertz CT molecular complexity index is 323. The van der Waals surface area contributed by atoms with Crippen molar-refractivity contribution in [3.63, 3.8) is 0 Å². The number of halogens is 1. The fraction of sp³-hybridized carbons (Fsp3) is 0.300. The highest BCUT2D eigenvalue weighted by molar-refractivity contribution is 5.93. The van der Waals surface area contributed by atoms with Crippen LogP contribution in [0.4, 0.5) is 4.39 Å². The molecule has 0 saturated heterocycles. The first-order chi connectivity index (χ1) is 6.15. The number of rotatable bonds is 2. The van der Waals surface area contributed by atoms with Crippen molar-refractivity contribution >= 4 is 5.90 Å². The summed E-state index contributed by atoms with van der Waals surface area (Å²) in [5, 5.41) is 7.50. The Morgan fingerprint density at radius 3 is 2.77 bits per heavy atom. The third-order valence-electron chi connectivity index (χ3n) is 1.72. The molecule has 0 heterocycles. The SMILES string of the molecule is CCOC(=N)c1ccc(F)cc1C. The Kier molecular flexibility index (Phi) is 3.01. The minimum absolute atomic E-state index is 0.0972. The molecule has 13 heavy (non-hydrogen) atoms. The summed E-state index contributed by atoms with van der Waals surface area (Å²) >= 11 is 0. The summed E-state index contributed by atoms with van der Waals surface area (Å²) in [6.45, 7) is 4.02. The predicted molar refractivity (Wildman–Crippen MR) is 49.6 cm³/mol. The zero-order chi connectivity index (χ0) is 9.84. The second kappa shape index (κ2) is 4.03. The van der Waals surface area contributed by atoms with E-state index in [4.69, 9.17) is 10.1 Å². The van der Waals surface area contributed by atoms with E-state index in [2.05, 4.69) is 0 Å². The summed E-state index contributed by atoms with van der Waals surface area (Å²) in [5.41, 5.74) is 1.36. The van der Waals surface area contributed by atoms with Crippen molar-refractivity contribution in [3.05, 3.63) is 35.1 Å². The van der Waals surface area contributed by atoms with Gasteiger partial charge in [0.15, 0.2) is 0 Å². The maximum atomic E-state index is 12.7. The summed E-state index contributed by atoms with van der Waals surface area (Å²) in [6, 6.07) is 4.28. The molecule has 0 aliphatic rings. The van der Waals surface area contributed by atoms with Crippen molar-refractivity contribution in [3.8, 4) is 0 Å². The zero-order valence-electron chi connectivity index (χ0n) is 7.73. The Labute approximate surface area is 76.9 Å². The smallest absolute Gasteiger partial charge is 0.213 e. The monoisotopic (exact) mass is 181 g/mol. The average Bonchev–Trinajstić information content (AvgIpc) is 2.04. The number of hydrogen-bond donors (Lipinski definition) is 1. The lowest BCUT2D eigenvalue weighted by Crippen LogP contribution is -2.06. The van der Waals surface area contributed by atoms with E-state index in [0.717, 1.165) is 5.56 Å². The van der Waals surface area contributed by atoms with Gasteiger partial charge in [0.2, 0.25) is 5.90 Å². The van der Waals surface area contributed by atoms with Crippen LogP contribution in [-0.4, -0.2) is 12.5 Å². The molecule has 0 aromatic heterocycles. The fourth-order valence-electron chi connectivity index (χ4n) is 1.10. The molecule has 0 radical (unpaired) electrons. The van der Waals surface area contributed by atoms with Crippen LogP contribution < -0.4 is 0 Å². The Balaban J connectivity index is 2.95. The molecule has 0 aliphatic carbocycles. The average molecular weight is 181 g/mol. The van der Waals surface area contributed by atoms with Gasteiger partial charge in [0.1, 0.15) is 5.82 Å². The molecule has 1 aromatic carbocycles. The number of hydrogen-bond acceptors (Lipinski definition) is 2. The summed E-state index contributed by atoms with van der Waals surface area (Å²) in [7, 11) is 0. The first kappa shape index (κ1) is 9.71. The molecule has 0 fully saturated rings. The molecule has 0 saturated carbocycles. The third-order valence-corrected chi connectivity index (χ3v) is 1.72. The summed E-state index contributed by atoms with van der Waals surface area (Å²) in [5.74, 6) is -0.189. The largest absolute Gasteiger partial charge is 0.478 e. The van der Waals surface area contributed by atoms with Crippen LogP contribution >= 0.6 is 0 Å². The van der Waals surface area contributed by atoms with Crippen LogP contribution in [0, 0.1) is 18.2 Å². The van der Waals surface area contributed by atoms with Gasteiger partial charge in [0.05, 0.1) is 6.61 Å². The van der Waals surface area contributed by atoms with Crippen LogP contribution in [0.3, 0.4) is 0 Å². The first-order valence-electron chi connectivity index (χ1n) is 4.13. The van der Waals surface area contributed by atoms with Gasteiger partial charge in [-0.15, -0.1) is 0 Å². The maximum absolute atomic E-state index is 12.7. The van der Waals surface area contributed by atoms with E-state index < -0.39 is 0 Å². The van der Waals surface area contributed by atoms with Gasteiger partial charge in [-0.05, 0) is 37.6 Å². The topological polar surface area (TPSA) is 33.1 Å². The molecule has 1 N–H and O–H groups in total. The standard InChI is InChI=1S/C10H12FNO/c1-3-13-10(12)9-5-4-8(11)6-7(9)2/h4-6,12H,3H2,1-2H3. The summed E-state index contributed by atoms with van der Waals surface area (Å²) in [6.07, 6.45) is 0. The van der Waals surface area contributed by atoms with Crippen molar-refractivity contribution in [1.82, 2.24) is 0 Å². The van der Waals surface area contributed by atoms with E-state index in [1.165, 1.54) is 12.1 Å². The van der Waals surface area contributed by atoms with Gasteiger partial charge < -0.3 is 4.74 Å². The maximum Gasteiger partial charge on any atom is 0.213 e. The molecule has 0 aliphatic heterocycles. The van der Waals surface area contributed by atoms with Gasteiger partial charge in [-0.2, -0.15) is 0 Å². The van der Waals surface area contributed by atoms with Crippen molar-refractivity contribution in [2.75, 3.05) is 6.61 Å². The van der Waals surface area contributed by atoms with E-state index in [0.29, 0.717) is 12.2 Å². The van der Waals surface area contributed by atoms with Crippen molar-refractivity contribution < 1.29 is 9.13 Å². The van der Waals surface area contributed by atoms with E-state index in [1.54, 1.807) is 13.0 Å². The van der Waals surface area contributed by atoms with E-state index in [1.807, 2.05) is 6.92 Å². The van der Waals surface area contributed by atoms with Crippen molar-refractivity contribution in [2.45, 2.75) is 13.8 Å². The van der Waals surface area contributed by atoms with E-state index >= 15 is 0 Å². The van der Waals surface area contributed by atoms with Crippen LogP contribution in [0.2, 0.25) is 0 Å². The van der Waals surface area contributed by atoms with Gasteiger partial charge in [-0.3, -0.25) is 5.41 Å². The Morgan fingerprint density at radius 2 is 2.23 bits per heavy atom. The van der Waals surface area contributed by atoms with E-state index in [9.17, 15) is 4.39 Å². The van der Waals surface area contributed by atoms with Crippen LogP contribution in [0.1, 0.15) is 18.1 Å². The second-order valence-electron chi connectivity index (χ2n) is 2.72. The molecule has 70 valence electrons. The van der Waals surface area contributed by atoms with Crippen LogP contribution in [0.25, 0.3) is 0 Å². The lowest BCUT2D eigenvalue weighted by Gasteiger charge is -2.07. The van der Waals surface area contributed by atoms with Gasteiger partial charge >= 0.3 is 0 Å². The molecule has 0 bridgehead atoms. The van der Waals surface area contributed by atoms with Gasteiger partial charge in [0.25, 0.3) is 0 Å². The number of nitrogens with one attached hydrogen (secondary N) is 1. The number of ether oxygens (including phenoxy) is 1. The molecule has 0 spiro atoms. The molecular formula is C10H12FNO. The molecule has 2 nitrogen and oxygen atoms in total. The minimum atomic E-state index is -0.287. The first-order valence-corrected chi connectivity index (χ1v) is 4.13. The Hall–Kier alpha value is -1.38. The van der Waals surface area contributed by atoms with Gasteiger partial charge in [-0.1, -0.05) is 0 Å². The van der Waals surface area contributed by atoms with Crippen LogP contribution in [-0.2, 0) is 4.74 Å². The molecule has 0 amide bonds. The molecule has 1 aromatic rings. The molecular weight excluding hydrogens is 169 g/mol. The quantitative estimate of drug-likeness (QED) is 0.552. The fourth-order valence-corrected chi connectivity index (χ4v) is 1.10.